The minimum atomic E-state index is -0.667. The largest absolute Gasteiger partial charge is 0.367 e. The lowest BCUT2D eigenvalue weighted by Crippen LogP contribution is -2.23. The maximum Gasteiger partial charge on any atom is 0.293 e. The fourth-order valence-corrected chi connectivity index (χ4v) is 1.65. The summed E-state index contributed by atoms with van der Waals surface area (Å²) in [6, 6.07) is 4.28. The molecule has 6 nitrogen and oxygen atoms in total. The summed E-state index contributed by atoms with van der Waals surface area (Å²) in [5.41, 5.74) is 5.66. The molecule has 0 atom stereocenters. The van der Waals surface area contributed by atoms with Gasteiger partial charge < -0.3 is 10.6 Å². The number of primary amides is 1. The van der Waals surface area contributed by atoms with Crippen LogP contribution in [0.3, 0.4) is 0 Å². The third-order valence-corrected chi connectivity index (χ3v) is 2.56. The highest BCUT2D eigenvalue weighted by Gasteiger charge is 2.19. The molecule has 0 fully saturated rings. The molecule has 92 valence electrons. The van der Waals surface area contributed by atoms with Crippen molar-refractivity contribution in [1.29, 1.82) is 0 Å². The molecule has 0 aromatic heterocycles. The topological polar surface area (TPSA) is 89.5 Å². The Morgan fingerprint density at radius 1 is 1.41 bits per heavy atom. The van der Waals surface area contributed by atoms with Crippen LogP contribution in [0.15, 0.2) is 18.2 Å². The molecule has 0 saturated heterocycles. The van der Waals surface area contributed by atoms with Crippen molar-refractivity contribution in [3.8, 4) is 0 Å². The predicted octanol–water partition coefficient (Wildman–Crippen LogP) is 1.54. The van der Waals surface area contributed by atoms with Crippen LogP contribution in [0.1, 0.15) is 24.2 Å². The van der Waals surface area contributed by atoms with Gasteiger partial charge in [-0.1, -0.05) is 0 Å². The van der Waals surface area contributed by atoms with Gasteiger partial charge in [-0.25, -0.2) is 0 Å². The number of nitrogens with zero attached hydrogens (tertiary/aromatic N) is 2. The summed E-state index contributed by atoms with van der Waals surface area (Å²) in [4.78, 5) is 23.3. The number of carbonyl (C=O) groups excluding carboxylic acids is 1. The number of rotatable bonds is 5. The molecule has 0 aliphatic carbocycles. The summed E-state index contributed by atoms with van der Waals surface area (Å²) in [5.74, 6) is -0.667. The van der Waals surface area contributed by atoms with E-state index in [9.17, 15) is 14.9 Å². The molecule has 0 unspecified atom stereocenters. The maximum absolute atomic E-state index is 11.0. The standard InChI is InChI=1S/C11H15N3O3/c1-3-13(4-2)9-6-5-8(11(12)15)7-10(9)14(16)17/h5-7H,3-4H2,1-2H3,(H2,12,15). The van der Waals surface area contributed by atoms with Crippen molar-refractivity contribution in [2.45, 2.75) is 13.8 Å². The number of nitro benzene ring substituents is 1. The Morgan fingerprint density at radius 2 is 2.00 bits per heavy atom. The van der Waals surface area contributed by atoms with Gasteiger partial charge in [0.15, 0.2) is 0 Å². The van der Waals surface area contributed by atoms with Crippen molar-refractivity contribution in [1.82, 2.24) is 0 Å². The highest BCUT2D eigenvalue weighted by Crippen LogP contribution is 2.28. The smallest absolute Gasteiger partial charge is 0.293 e. The molecule has 1 rings (SSSR count). The molecule has 0 aliphatic rings. The number of benzene rings is 1. The molecule has 6 heteroatoms. The van der Waals surface area contributed by atoms with Crippen LogP contribution in [0.5, 0.6) is 0 Å². The van der Waals surface area contributed by atoms with Gasteiger partial charge in [0.1, 0.15) is 5.69 Å². The van der Waals surface area contributed by atoms with E-state index < -0.39 is 10.8 Å². The second-order valence-electron chi connectivity index (χ2n) is 3.50. The van der Waals surface area contributed by atoms with E-state index in [0.717, 1.165) is 0 Å². The van der Waals surface area contributed by atoms with E-state index in [4.69, 9.17) is 5.73 Å². The van der Waals surface area contributed by atoms with E-state index in [1.54, 1.807) is 6.07 Å². The summed E-state index contributed by atoms with van der Waals surface area (Å²) in [5, 5.41) is 11.0. The Balaban J connectivity index is 3.31. The lowest BCUT2D eigenvalue weighted by molar-refractivity contribution is -0.384. The quantitative estimate of drug-likeness (QED) is 0.621. The first kappa shape index (κ1) is 13.0. The molecule has 0 radical (unpaired) electrons. The van der Waals surface area contributed by atoms with Gasteiger partial charge in [0.05, 0.1) is 4.92 Å². The van der Waals surface area contributed by atoms with Crippen molar-refractivity contribution in [2.24, 2.45) is 5.73 Å². The predicted molar refractivity (Wildman–Crippen MR) is 65.2 cm³/mol. The van der Waals surface area contributed by atoms with E-state index in [1.807, 2.05) is 18.7 Å². The molecule has 17 heavy (non-hydrogen) atoms. The van der Waals surface area contributed by atoms with E-state index in [0.29, 0.717) is 18.8 Å². The Kier molecular flexibility index (Phi) is 4.03. The van der Waals surface area contributed by atoms with E-state index >= 15 is 0 Å². The minimum absolute atomic E-state index is 0.0926. The molecule has 2 N–H and O–H groups in total. The molecule has 0 heterocycles. The van der Waals surface area contributed by atoms with Crippen molar-refractivity contribution >= 4 is 17.3 Å². The Morgan fingerprint density at radius 3 is 2.41 bits per heavy atom. The summed E-state index contributed by atoms with van der Waals surface area (Å²) in [7, 11) is 0. The van der Waals surface area contributed by atoms with Crippen molar-refractivity contribution < 1.29 is 9.72 Å². The zero-order chi connectivity index (χ0) is 13.0. The fraction of sp³-hybridized carbons (Fsp3) is 0.364. The van der Waals surface area contributed by atoms with Gasteiger partial charge in [0, 0.05) is 24.7 Å². The van der Waals surface area contributed by atoms with Crippen molar-refractivity contribution in [2.75, 3.05) is 18.0 Å². The average Bonchev–Trinajstić information content (AvgIpc) is 2.30. The van der Waals surface area contributed by atoms with Gasteiger partial charge in [-0.15, -0.1) is 0 Å². The first-order valence-electron chi connectivity index (χ1n) is 5.34. The van der Waals surface area contributed by atoms with Gasteiger partial charge in [-0.05, 0) is 26.0 Å². The van der Waals surface area contributed by atoms with Crippen LogP contribution in [0.4, 0.5) is 11.4 Å². The molecule has 0 saturated carbocycles. The number of anilines is 1. The Labute approximate surface area is 99.2 Å². The number of hydrogen-bond acceptors (Lipinski definition) is 4. The van der Waals surface area contributed by atoms with E-state index in [-0.39, 0.29) is 11.3 Å². The summed E-state index contributed by atoms with van der Waals surface area (Å²) in [6.45, 7) is 5.14. The van der Waals surface area contributed by atoms with Crippen LogP contribution in [0.2, 0.25) is 0 Å². The number of hydrogen-bond donors (Lipinski definition) is 1. The van der Waals surface area contributed by atoms with Crippen LogP contribution in [-0.4, -0.2) is 23.9 Å². The van der Waals surface area contributed by atoms with Gasteiger partial charge in [0.25, 0.3) is 5.69 Å². The summed E-state index contributed by atoms with van der Waals surface area (Å²) >= 11 is 0. The zero-order valence-electron chi connectivity index (χ0n) is 9.84. The second-order valence-corrected chi connectivity index (χ2v) is 3.50. The highest BCUT2D eigenvalue weighted by molar-refractivity contribution is 5.94. The molecule has 0 bridgehead atoms. The normalized spacial score (nSPS) is 10.0. The van der Waals surface area contributed by atoms with Crippen LogP contribution in [0.25, 0.3) is 0 Å². The average molecular weight is 237 g/mol. The Bertz CT molecular complexity index is 442. The van der Waals surface area contributed by atoms with Crippen molar-refractivity contribution in [3.63, 3.8) is 0 Å². The monoisotopic (exact) mass is 237 g/mol. The Hall–Kier alpha value is -2.11. The van der Waals surface area contributed by atoms with Crippen LogP contribution in [-0.2, 0) is 0 Å². The lowest BCUT2D eigenvalue weighted by atomic mass is 10.1. The fourth-order valence-electron chi connectivity index (χ4n) is 1.65. The third-order valence-electron chi connectivity index (χ3n) is 2.56. The maximum atomic E-state index is 11.0. The van der Waals surface area contributed by atoms with E-state index in [2.05, 4.69) is 0 Å². The third kappa shape index (κ3) is 2.72. The SMILES string of the molecule is CCN(CC)c1ccc(C(N)=O)cc1[N+](=O)[O-]. The minimum Gasteiger partial charge on any atom is -0.367 e. The second kappa shape index (κ2) is 5.29. The number of nitrogens with two attached hydrogens (primary N) is 1. The molecular formula is C11H15N3O3. The molecule has 0 aliphatic heterocycles. The first-order valence-corrected chi connectivity index (χ1v) is 5.34. The van der Waals surface area contributed by atoms with Crippen LogP contribution in [0, 0.1) is 10.1 Å². The molecule has 0 spiro atoms. The van der Waals surface area contributed by atoms with Crippen LogP contribution >= 0.6 is 0 Å². The van der Waals surface area contributed by atoms with Gasteiger partial charge in [0.2, 0.25) is 5.91 Å². The molecule has 1 amide bonds. The summed E-state index contributed by atoms with van der Waals surface area (Å²) in [6.07, 6.45) is 0. The zero-order valence-corrected chi connectivity index (χ0v) is 9.84. The number of amides is 1. The van der Waals surface area contributed by atoms with Crippen LogP contribution < -0.4 is 10.6 Å². The van der Waals surface area contributed by atoms with Gasteiger partial charge >= 0.3 is 0 Å². The van der Waals surface area contributed by atoms with Gasteiger partial charge in [-0.3, -0.25) is 14.9 Å². The summed E-state index contributed by atoms with van der Waals surface area (Å²) < 4.78 is 0. The molecule has 1 aromatic rings. The van der Waals surface area contributed by atoms with E-state index in [1.165, 1.54) is 12.1 Å². The molecular weight excluding hydrogens is 222 g/mol. The molecule has 1 aromatic carbocycles. The number of carbonyl (C=O) groups is 1. The van der Waals surface area contributed by atoms with Crippen molar-refractivity contribution in [3.05, 3.63) is 33.9 Å². The highest BCUT2D eigenvalue weighted by atomic mass is 16.6. The first-order chi connectivity index (χ1) is 8.01. The number of nitro groups is 1. The lowest BCUT2D eigenvalue weighted by Gasteiger charge is -2.20. The van der Waals surface area contributed by atoms with Gasteiger partial charge in [-0.2, -0.15) is 0 Å².